The summed E-state index contributed by atoms with van der Waals surface area (Å²) in [5.41, 5.74) is 4.69. The maximum absolute atomic E-state index is 11.3. The second kappa shape index (κ2) is 6.76. The Hall–Kier alpha value is -2.53. The van der Waals surface area contributed by atoms with Gasteiger partial charge in [-0.3, -0.25) is 4.79 Å². The van der Waals surface area contributed by atoms with Gasteiger partial charge in [0.25, 0.3) is 0 Å². The SMILES string of the molecule is C=C(c1cc(SC)nc(N(C)C)c1)c1ccc2c(c1)c(C=O)cn2C. The monoisotopic (exact) mass is 351 g/mol. The number of rotatable bonds is 5. The molecule has 0 unspecified atom stereocenters. The summed E-state index contributed by atoms with van der Waals surface area (Å²) < 4.78 is 1.97. The van der Waals surface area contributed by atoms with Crippen LogP contribution in [-0.4, -0.2) is 36.2 Å². The van der Waals surface area contributed by atoms with Crippen LogP contribution in [0, 0.1) is 0 Å². The highest BCUT2D eigenvalue weighted by molar-refractivity contribution is 7.98. The molecule has 0 bridgehead atoms. The maximum Gasteiger partial charge on any atom is 0.152 e. The lowest BCUT2D eigenvalue weighted by molar-refractivity contribution is 0.112. The summed E-state index contributed by atoms with van der Waals surface area (Å²) in [5.74, 6) is 0.900. The predicted molar refractivity (Wildman–Crippen MR) is 107 cm³/mol. The number of aromatic nitrogens is 2. The molecule has 25 heavy (non-hydrogen) atoms. The summed E-state index contributed by atoms with van der Waals surface area (Å²) in [7, 11) is 5.90. The molecule has 0 spiro atoms. The number of anilines is 1. The largest absolute Gasteiger partial charge is 0.363 e. The van der Waals surface area contributed by atoms with Crippen LogP contribution in [0.5, 0.6) is 0 Å². The maximum atomic E-state index is 11.3. The van der Waals surface area contributed by atoms with Gasteiger partial charge in [0.2, 0.25) is 0 Å². The number of carbonyl (C=O) groups is 1. The smallest absolute Gasteiger partial charge is 0.152 e. The third kappa shape index (κ3) is 3.20. The van der Waals surface area contributed by atoms with Crippen LogP contribution < -0.4 is 4.90 Å². The standard InChI is InChI=1S/C20H21N3OS/c1-13(15-9-19(22(2)3)21-20(10-15)25-5)14-6-7-18-17(8-14)16(12-24)11-23(18)4/h6-12H,1H2,2-5H3. The third-order valence-electron chi connectivity index (χ3n) is 4.30. The van der Waals surface area contributed by atoms with Crippen LogP contribution in [0.4, 0.5) is 5.82 Å². The van der Waals surface area contributed by atoms with Gasteiger partial charge in [-0.15, -0.1) is 11.8 Å². The molecule has 128 valence electrons. The molecule has 0 atom stereocenters. The minimum Gasteiger partial charge on any atom is -0.363 e. The zero-order chi connectivity index (χ0) is 18.1. The Morgan fingerprint density at radius 3 is 2.64 bits per heavy atom. The normalized spacial score (nSPS) is 10.9. The quantitative estimate of drug-likeness (QED) is 0.509. The fourth-order valence-corrected chi connectivity index (χ4v) is 3.30. The molecule has 2 heterocycles. The van der Waals surface area contributed by atoms with Gasteiger partial charge in [0.15, 0.2) is 6.29 Å². The number of thioether (sulfide) groups is 1. The number of benzene rings is 1. The summed E-state index contributed by atoms with van der Waals surface area (Å²) in [5, 5.41) is 1.90. The summed E-state index contributed by atoms with van der Waals surface area (Å²) in [6.45, 7) is 4.29. The lowest BCUT2D eigenvalue weighted by atomic mass is 9.98. The number of hydrogen-bond acceptors (Lipinski definition) is 4. The lowest BCUT2D eigenvalue weighted by Crippen LogP contribution is -2.11. The van der Waals surface area contributed by atoms with Gasteiger partial charge in [-0.1, -0.05) is 12.6 Å². The zero-order valence-electron chi connectivity index (χ0n) is 14.9. The summed E-state index contributed by atoms with van der Waals surface area (Å²) in [6, 6.07) is 10.2. The Labute approximate surface area is 152 Å². The molecule has 3 aromatic rings. The zero-order valence-corrected chi connectivity index (χ0v) is 15.7. The molecule has 4 nitrogen and oxygen atoms in total. The molecular formula is C20H21N3OS. The first-order valence-electron chi connectivity index (χ1n) is 7.92. The van der Waals surface area contributed by atoms with E-state index in [-0.39, 0.29) is 0 Å². The molecule has 0 amide bonds. The van der Waals surface area contributed by atoms with Crippen molar-refractivity contribution in [2.45, 2.75) is 5.03 Å². The molecule has 0 fully saturated rings. The van der Waals surface area contributed by atoms with Crippen LogP contribution in [0.25, 0.3) is 16.5 Å². The average Bonchev–Trinajstić information content (AvgIpc) is 2.95. The second-order valence-electron chi connectivity index (χ2n) is 6.17. The fourth-order valence-electron chi connectivity index (χ4n) is 2.87. The number of aldehydes is 1. The van der Waals surface area contributed by atoms with Gasteiger partial charge in [-0.25, -0.2) is 4.98 Å². The van der Waals surface area contributed by atoms with Gasteiger partial charge in [-0.05, 0) is 47.2 Å². The molecule has 0 aliphatic rings. The van der Waals surface area contributed by atoms with Crippen LogP contribution >= 0.6 is 11.8 Å². The first-order chi connectivity index (χ1) is 11.9. The lowest BCUT2D eigenvalue weighted by Gasteiger charge is -2.15. The highest BCUT2D eigenvalue weighted by Gasteiger charge is 2.11. The van der Waals surface area contributed by atoms with E-state index in [0.717, 1.165) is 44.7 Å². The van der Waals surface area contributed by atoms with Gasteiger partial charge in [0, 0.05) is 43.8 Å². The van der Waals surface area contributed by atoms with E-state index >= 15 is 0 Å². The Balaban J connectivity index is 2.10. The number of fused-ring (bicyclic) bond motifs is 1. The van der Waals surface area contributed by atoms with Gasteiger partial charge in [-0.2, -0.15) is 0 Å². The molecule has 2 aromatic heterocycles. The number of hydrogen-bond donors (Lipinski definition) is 0. The second-order valence-corrected chi connectivity index (χ2v) is 7.00. The Kier molecular flexibility index (Phi) is 4.68. The van der Waals surface area contributed by atoms with Crippen molar-refractivity contribution < 1.29 is 4.79 Å². The molecule has 0 radical (unpaired) electrons. The van der Waals surface area contributed by atoms with E-state index in [0.29, 0.717) is 5.56 Å². The van der Waals surface area contributed by atoms with Crippen LogP contribution in [0.1, 0.15) is 21.5 Å². The highest BCUT2D eigenvalue weighted by Crippen LogP contribution is 2.30. The minimum absolute atomic E-state index is 0.695. The average molecular weight is 351 g/mol. The fraction of sp³-hybridized carbons (Fsp3) is 0.200. The van der Waals surface area contributed by atoms with Gasteiger partial charge < -0.3 is 9.47 Å². The van der Waals surface area contributed by atoms with Crippen LogP contribution in [0.3, 0.4) is 0 Å². The summed E-state index contributed by atoms with van der Waals surface area (Å²) in [4.78, 5) is 17.9. The van der Waals surface area contributed by atoms with E-state index in [9.17, 15) is 4.79 Å². The van der Waals surface area contributed by atoms with Crippen molar-refractivity contribution in [2.24, 2.45) is 7.05 Å². The van der Waals surface area contributed by atoms with E-state index in [1.807, 2.05) is 67.3 Å². The first kappa shape index (κ1) is 17.3. The molecule has 0 N–H and O–H groups in total. The highest BCUT2D eigenvalue weighted by atomic mass is 32.2. The molecule has 0 aliphatic carbocycles. The van der Waals surface area contributed by atoms with Crippen molar-refractivity contribution in [3.05, 3.63) is 59.8 Å². The van der Waals surface area contributed by atoms with Crippen molar-refractivity contribution in [1.29, 1.82) is 0 Å². The molecule has 3 rings (SSSR count). The molecular weight excluding hydrogens is 330 g/mol. The Morgan fingerprint density at radius 1 is 1.24 bits per heavy atom. The van der Waals surface area contributed by atoms with Crippen molar-refractivity contribution >= 4 is 40.3 Å². The molecule has 5 heteroatoms. The number of nitrogens with zero attached hydrogens (tertiary/aromatic N) is 3. The van der Waals surface area contributed by atoms with Gasteiger partial charge >= 0.3 is 0 Å². The van der Waals surface area contributed by atoms with E-state index < -0.39 is 0 Å². The van der Waals surface area contributed by atoms with E-state index in [4.69, 9.17) is 0 Å². The van der Waals surface area contributed by atoms with E-state index in [1.54, 1.807) is 11.8 Å². The topological polar surface area (TPSA) is 38.1 Å². The van der Waals surface area contributed by atoms with Crippen molar-refractivity contribution in [2.75, 3.05) is 25.3 Å². The van der Waals surface area contributed by atoms with Crippen LogP contribution in [0.2, 0.25) is 0 Å². The summed E-state index contributed by atoms with van der Waals surface area (Å²) in [6.07, 6.45) is 4.77. The molecule has 1 aromatic carbocycles. The Morgan fingerprint density at radius 2 is 2.00 bits per heavy atom. The van der Waals surface area contributed by atoms with E-state index in [2.05, 4.69) is 17.6 Å². The van der Waals surface area contributed by atoms with E-state index in [1.165, 1.54) is 0 Å². The summed E-state index contributed by atoms with van der Waals surface area (Å²) >= 11 is 1.61. The van der Waals surface area contributed by atoms with Gasteiger partial charge in [0.05, 0.1) is 5.03 Å². The first-order valence-corrected chi connectivity index (χ1v) is 9.14. The number of carbonyl (C=O) groups excluding carboxylic acids is 1. The third-order valence-corrected chi connectivity index (χ3v) is 4.93. The molecule has 0 saturated heterocycles. The van der Waals surface area contributed by atoms with Crippen LogP contribution in [-0.2, 0) is 7.05 Å². The predicted octanol–water partition coefficient (Wildman–Crippen LogP) is 4.24. The van der Waals surface area contributed by atoms with Crippen molar-refractivity contribution in [3.8, 4) is 0 Å². The number of aryl methyl sites for hydroxylation is 1. The van der Waals surface area contributed by atoms with Crippen molar-refractivity contribution in [3.63, 3.8) is 0 Å². The molecule has 0 saturated carbocycles. The van der Waals surface area contributed by atoms with Gasteiger partial charge in [0.1, 0.15) is 5.82 Å². The minimum atomic E-state index is 0.695. The van der Waals surface area contributed by atoms with Crippen molar-refractivity contribution in [1.82, 2.24) is 9.55 Å². The number of pyridine rings is 1. The molecule has 0 aliphatic heterocycles. The van der Waals surface area contributed by atoms with Crippen LogP contribution in [0.15, 0.2) is 48.1 Å². The Bertz CT molecular complexity index is 972.